The summed E-state index contributed by atoms with van der Waals surface area (Å²) in [6.45, 7) is 0.429. The van der Waals surface area contributed by atoms with Gasteiger partial charge in [-0.25, -0.2) is 4.98 Å². The predicted molar refractivity (Wildman–Crippen MR) is 86.2 cm³/mol. The molecule has 0 spiro atoms. The van der Waals surface area contributed by atoms with Crippen molar-refractivity contribution in [1.82, 2.24) is 15.3 Å². The van der Waals surface area contributed by atoms with Gasteiger partial charge in [-0.05, 0) is 35.9 Å². The standard InChI is InChI=1S/C18H15N3O2/c22-18(21-13-14-5-4-9-19-12-14)15-6-3-7-16(11-15)23-17-8-1-2-10-20-17/h1-12H,13H2,(H,21,22). The molecule has 114 valence electrons. The molecule has 0 radical (unpaired) electrons. The Bertz CT molecular complexity index is 777. The van der Waals surface area contributed by atoms with Gasteiger partial charge < -0.3 is 10.1 Å². The number of ether oxygens (including phenoxy) is 1. The Morgan fingerprint density at radius 3 is 2.78 bits per heavy atom. The van der Waals surface area contributed by atoms with Gasteiger partial charge in [0.15, 0.2) is 0 Å². The first-order valence-corrected chi connectivity index (χ1v) is 7.17. The second kappa shape index (κ2) is 7.17. The van der Waals surface area contributed by atoms with Crippen LogP contribution in [0.3, 0.4) is 0 Å². The van der Waals surface area contributed by atoms with Crippen molar-refractivity contribution >= 4 is 5.91 Å². The summed E-state index contributed by atoms with van der Waals surface area (Å²) in [5.41, 5.74) is 1.48. The fourth-order valence-electron chi connectivity index (χ4n) is 2.02. The van der Waals surface area contributed by atoms with Gasteiger partial charge in [0.1, 0.15) is 5.75 Å². The zero-order valence-corrected chi connectivity index (χ0v) is 12.3. The van der Waals surface area contributed by atoms with Crippen LogP contribution in [0, 0.1) is 0 Å². The molecule has 2 aromatic heterocycles. The van der Waals surface area contributed by atoms with Gasteiger partial charge in [0, 0.05) is 36.8 Å². The van der Waals surface area contributed by atoms with Crippen LogP contribution in [-0.2, 0) is 6.54 Å². The highest BCUT2D eigenvalue weighted by Gasteiger charge is 2.07. The number of amides is 1. The van der Waals surface area contributed by atoms with Gasteiger partial charge in [-0.15, -0.1) is 0 Å². The Labute approximate surface area is 134 Å². The van der Waals surface area contributed by atoms with Gasteiger partial charge in [-0.2, -0.15) is 0 Å². The number of nitrogens with zero attached hydrogens (tertiary/aromatic N) is 2. The highest BCUT2D eigenvalue weighted by molar-refractivity contribution is 5.94. The van der Waals surface area contributed by atoms with E-state index >= 15 is 0 Å². The van der Waals surface area contributed by atoms with E-state index in [0.717, 1.165) is 5.56 Å². The number of hydrogen-bond acceptors (Lipinski definition) is 4. The molecule has 5 heteroatoms. The molecule has 2 heterocycles. The molecule has 1 N–H and O–H groups in total. The molecule has 0 saturated heterocycles. The summed E-state index contributed by atoms with van der Waals surface area (Å²) in [5.74, 6) is 0.887. The zero-order valence-electron chi connectivity index (χ0n) is 12.3. The van der Waals surface area contributed by atoms with Gasteiger partial charge >= 0.3 is 0 Å². The molecule has 1 amide bonds. The van der Waals surface area contributed by atoms with Gasteiger partial charge in [0.2, 0.25) is 5.88 Å². The number of carbonyl (C=O) groups is 1. The van der Waals surface area contributed by atoms with Crippen LogP contribution >= 0.6 is 0 Å². The minimum Gasteiger partial charge on any atom is -0.439 e. The van der Waals surface area contributed by atoms with Crippen LogP contribution in [0.4, 0.5) is 0 Å². The van der Waals surface area contributed by atoms with Crippen molar-refractivity contribution in [3.05, 3.63) is 84.3 Å². The second-order valence-electron chi connectivity index (χ2n) is 4.84. The van der Waals surface area contributed by atoms with Crippen molar-refractivity contribution in [3.63, 3.8) is 0 Å². The smallest absolute Gasteiger partial charge is 0.251 e. The molecule has 0 bridgehead atoms. The van der Waals surface area contributed by atoms with Crippen LogP contribution in [0.15, 0.2) is 73.2 Å². The molecule has 3 rings (SSSR count). The van der Waals surface area contributed by atoms with E-state index < -0.39 is 0 Å². The lowest BCUT2D eigenvalue weighted by Gasteiger charge is -2.08. The van der Waals surface area contributed by atoms with E-state index in [-0.39, 0.29) is 5.91 Å². The van der Waals surface area contributed by atoms with Gasteiger partial charge in [0.05, 0.1) is 0 Å². The SMILES string of the molecule is O=C(NCc1cccnc1)c1cccc(Oc2ccccn2)c1. The summed E-state index contributed by atoms with van der Waals surface area (Å²) < 4.78 is 5.63. The first-order valence-electron chi connectivity index (χ1n) is 7.17. The molecule has 0 aliphatic rings. The van der Waals surface area contributed by atoms with E-state index in [1.54, 1.807) is 48.9 Å². The Balaban J connectivity index is 1.65. The minimum absolute atomic E-state index is 0.166. The summed E-state index contributed by atoms with van der Waals surface area (Å²) >= 11 is 0. The van der Waals surface area contributed by atoms with E-state index in [1.165, 1.54) is 0 Å². The third kappa shape index (κ3) is 4.14. The Kier molecular flexibility index (Phi) is 4.59. The van der Waals surface area contributed by atoms with Crippen molar-refractivity contribution in [3.8, 4) is 11.6 Å². The quantitative estimate of drug-likeness (QED) is 0.786. The van der Waals surface area contributed by atoms with Crippen molar-refractivity contribution in [2.24, 2.45) is 0 Å². The minimum atomic E-state index is -0.166. The van der Waals surface area contributed by atoms with Gasteiger partial charge in [-0.3, -0.25) is 9.78 Å². The monoisotopic (exact) mass is 305 g/mol. The van der Waals surface area contributed by atoms with Crippen molar-refractivity contribution in [2.75, 3.05) is 0 Å². The van der Waals surface area contributed by atoms with Crippen LogP contribution in [0.2, 0.25) is 0 Å². The number of pyridine rings is 2. The lowest BCUT2D eigenvalue weighted by molar-refractivity contribution is 0.0950. The van der Waals surface area contributed by atoms with E-state index in [4.69, 9.17) is 4.74 Å². The van der Waals surface area contributed by atoms with Crippen molar-refractivity contribution < 1.29 is 9.53 Å². The third-order valence-corrected chi connectivity index (χ3v) is 3.13. The fraction of sp³-hybridized carbons (Fsp3) is 0.0556. The molecule has 3 aromatic rings. The van der Waals surface area contributed by atoms with E-state index in [9.17, 15) is 4.79 Å². The zero-order chi connectivity index (χ0) is 15.9. The lowest BCUT2D eigenvalue weighted by Crippen LogP contribution is -2.22. The molecule has 5 nitrogen and oxygen atoms in total. The Morgan fingerprint density at radius 2 is 2.00 bits per heavy atom. The van der Waals surface area contributed by atoms with Crippen LogP contribution in [-0.4, -0.2) is 15.9 Å². The highest BCUT2D eigenvalue weighted by Crippen LogP contribution is 2.20. The van der Waals surface area contributed by atoms with E-state index in [0.29, 0.717) is 23.7 Å². The summed E-state index contributed by atoms with van der Waals surface area (Å²) in [7, 11) is 0. The van der Waals surface area contributed by atoms with E-state index in [2.05, 4.69) is 15.3 Å². The number of benzene rings is 1. The summed E-state index contributed by atoms with van der Waals surface area (Å²) in [5, 5.41) is 2.86. The van der Waals surface area contributed by atoms with E-state index in [1.807, 2.05) is 24.3 Å². The number of aromatic nitrogens is 2. The van der Waals surface area contributed by atoms with Crippen molar-refractivity contribution in [2.45, 2.75) is 6.54 Å². The number of carbonyl (C=O) groups excluding carboxylic acids is 1. The van der Waals surface area contributed by atoms with Crippen LogP contribution in [0.1, 0.15) is 15.9 Å². The molecule has 0 atom stereocenters. The molecular formula is C18H15N3O2. The van der Waals surface area contributed by atoms with Crippen LogP contribution in [0.5, 0.6) is 11.6 Å². The van der Waals surface area contributed by atoms with Gasteiger partial charge in [0.25, 0.3) is 5.91 Å². The van der Waals surface area contributed by atoms with Crippen LogP contribution < -0.4 is 10.1 Å². The highest BCUT2D eigenvalue weighted by atomic mass is 16.5. The number of hydrogen-bond donors (Lipinski definition) is 1. The molecular weight excluding hydrogens is 290 g/mol. The average molecular weight is 305 g/mol. The average Bonchev–Trinajstić information content (AvgIpc) is 2.62. The summed E-state index contributed by atoms with van der Waals surface area (Å²) in [6.07, 6.45) is 5.07. The largest absolute Gasteiger partial charge is 0.439 e. The first kappa shape index (κ1) is 14.7. The predicted octanol–water partition coefficient (Wildman–Crippen LogP) is 3.20. The maximum Gasteiger partial charge on any atom is 0.251 e. The first-order chi connectivity index (χ1) is 11.3. The maximum absolute atomic E-state index is 12.2. The molecule has 0 aliphatic heterocycles. The normalized spacial score (nSPS) is 10.1. The molecule has 0 saturated carbocycles. The third-order valence-electron chi connectivity index (χ3n) is 3.13. The van der Waals surface area contributed by atoms with Gasteiger partial charge in [-0.1, -0.05) is 18.2 Å². The maximum atomic E-state index is 12.2. The topological polar surface area (TPSA) is 64.1 Å². The Morgan fingerprint density at radius 1 is 1.04 bits per heavy atom. The molecule has 23 heavy (non-hydrogen) atoms. The van der Waals surface area contributed by atoms with Crippen LogP contribution in [0.25, 0.3) is 0 Å². The number of nitrogens with one attached hydrogen (secondary N) is 1. The second-order valence-corrected chi connectivity index (χ2v) is 4.84. The molecule has 0 fully saturated rings. The lowest BCUT2D eigenvalue weighted by atomic mass is 10.2. The molecule has 0 unspecified atom stereocenters. The fourth-order valence-corrected chi connectivity index (χ4v) is 2.02. The summed E-state index contributed by atoms with van der Waals surface area (Å²) in [6, 6.07) is 16.1. The number of rotatable bonds is 5. The van der Waals surface area contributed by atoms with Crippen molar-refractivity contribution in [1.29, 1.82) is 0 Å². The molecule has 0 aliphatic carbocycles. The summed E-state index contributed by atoms with van der Waals surface area (Å²) in [4.78, 5) is 20.3. The Hall–Kier alpha value is -3.21. The molecule has 1 aromatic carbocycles.